The molecule has 1 atom stereocenters. The summed E-state index contributed by atoms with van der Waals surface area (Å²) in [5.74, 6) is -0.185. The van der Waals surface area contributed by atoms with Crippen LogP contribution < -0.4 is 5.43 Å². The van der Waals surface area contributed by atoms with Crippen LogP contribution in [0.4, 0.5) is 0 Å². The predicted molar refractivity (Wildman–Crippen MR) is 117 cm³/mol. The van der Waals surface area contributed by atoms with Crippen LogP contribution in [0.15, 0.2) is 82.0 Å². The molecule has 4 aromatic rings. The fraction of sp³-hybridized carbons (Fsp3) is 0.120. The van der Waals surface area contributed by atoms with Gasteiger partial charge in [0, 0.05) is 11.6 Å². The minimum atomic E-state index is -0.562. The number of hydrogen-bond donors (Lipinski definition) is 0. The number of amides is 1. The predicted octanol–water partition coefficient (Wildman–Crippen LogP) is 5.50. The van der Waals surface area contributed by atoms with E-state index in [2.05, 4.69) is 0 Å². The second-order valence-electron chi connectivity index (χ2n) is 7.55. The van der Waals surface area contributed by atoms with E-state index in [1.54, 1.807) is 29.2 Å². The molecule has 1 amide bonds. The average molecular weight is 416 g/mol. The van der Waals surface area contributed by atoms with Gasteiger partial charge in [0.25, 0.3) is 5.91 Å². The van der Waals surface area contributed by atoms with Gasteiger partial charge in [-0.15, -0.1) is 0 Å². The number of rotatable bonds is 3. The normalized spacial score (nSPS) is 15.6. The Morgan fingerprint density at radius 1 is 0.967 bits per heavy atom. The van der Waals surface area contributed by atoms with E-state index in [0.29, 0.717) is 28.1 Å². The molecule has 1 aromatic heterocycles. The Balaban J connectivity index is 1.75. The first-order valence-corrected chi connectivity index (χ1v) is 10.1. The van der Waals surface area contributed by atoms with Crippen LogP contribution in [-0.4, -0.2) is 10.8 Å². The highest BCUT2D eigenvalue weighted by molar-refractivity contribution is 6.30. The van der Waals surface area contributed by atoms with E-state index < -0.39 is 6.04 Å². The van der Waals surface area contributed by atoms with Crippen molar-refractivity contribution in [3.8, 4) is 0 Å². The molecule has 0 fully saturated rings. The van der Waals surface area contributed by atoms with Crippen molar-refractivity contribution in [2.45, 2.75) is 19.5 Å². The van der Waals surface area contributed by atoms with E-state index in [1.165, 1.54) is 0 Å². The zero-order chi connectivity index (χ0) is 20.8. The van der Waals surface area contributed by atoms with Crippen molar-refractivity contribution in [3.63, 3.8) is 0 Å². The molecule has 2 heterocycles. The lowest BCUT2D eigenvalue weighted by atomic mass is 9.98. The molecule has 0 N–H and O–H groups in total. The topological polar surface area (TPSA) is 50.5 Å². The molecule has 5 rings (SSSR count). The van der Waals surface area contributed by atoms with Crippen LogP contribution in [0.3, 0.4) is 0 Å². The molecule has 0 radical (unpaired) electrons. The smallest absolute Gasteiger partial charge is 0.291 e. The van der Waals surface area contributed by atoms with Gasteiger partial charge in [-0.2, -0.15) is 0 Å². The first-order valence-electron chi connectivity index (χ1n) is 9.70. The molecule has 0 bridgehead atoms. The minimum absolute atomic E-state index is 0.109. The number of fused-ring (bicyclic) bond motifs is 2. The van der Waals surface area contributed by atoms with Gasteiger partial charge in [-0.1, -0.05) is 65.7 Å². The molecular formula is C25H18ClNO3. The van der Waals surface area contributed by atoms with E-state index in [0.717, 1.165) is 16.7 Å². The Morgan fingerprint density at radius 2 is 1.77 bits per heavy atom. The van der Waals surface area contributed by atoms with Crippen molar-refractivity contribution < 1.29 is 9.21 Å². The summed E-state index contributed by atoms with van der Waals surface area (Å²) in [4.78, 5) is 28.6. The van der Waals surface area contributed by atoms with E-state index in [-0.39, 0.29) is 17.1 Å². The summed E-state index contributed by atoms with van der Waals surface area (Å²) in [5, 5.41) is 1.03. The van der Waals surface area contributed by atoms with Gasteiger partial charge in [0.05, 0.1) is 17.0 Å². The largest absolute Gasteiger partial charge is 0.450 e. The Morgan fingerprint density at radius 3 is 2.53 bits per heavy atom. The van der Waals surface area contributed by atoms with Crippen LogP contribution >= 0.6 is 11.6 Å². The van der Waals surface area contributed by atoms with Gasteiger partial charge in [-0.05, 0) is 42.3 Å². The third-order valence-corrected chi connectivity index (χ3v) is 5.72. The van der Waals surface area contributed by atoms with Gasteiger partial charge in [-0.25, -0.2) is 0 Å². The van der Waals surface area contributed by atoms with E-state index in [4.69, 9.17) is 16.0 Å². The van der Waals surface area contributed by atoms with Crippen LogP contribution in [-0.2, 0) is 6.54 Å². The Hall–Kier alpha value is -3.37. The SMILES string of the molecule is Cc1ccc2oc3c(c(=O)c2c1)C(c1cccc(Cl)c1)N(Cc1ccccc1)C3=O. The van der Waals surface area contributed by atoms with Gasteiger partial charge in [0.15, 0.2) is 5.43 Å². The molecule has 5 heteroatoms. The van der Waals surface area contributed by atoms with Gasteiger partial charge in [0.2, 0.25) is 5.76 Å². The highest BCUT2D eigenvalue weighted by Gasteiger charge is 2.42. The van der Waals surface area contributed by atoms with E-state index >= 15 is 0 Å². The van der Waals surface area contributed by atoms with Crippen LogP contribution in [0.2, 0.25) is 5.02 Å². The third kappa shape index (κ3) is 3.01. The van der Waals surface area contributed by atoms with Crippen LogP contribution in [0.1, 0.15) is 38.9 Å². The van der Waals surface area contributed by atoms with Crippen molar-refractivity contribution in [2.24, 2.45) is 0 Å². The van der Waals surface area contributed by atoms with Crippen molar-refractivity contribution in [1.29, 1.82) is 0 Å². The maximum atomic E-state index is 13.5. The van der Waals surface area contributed by atoms with Gasteiger partial charge in [0.1, 0.15) is 5.58 Å². The zero-order valence-electron chi connectivity index (χ0n) is 16.3. The molecule has 3 aromatic carbocycles. The molecule has 4 nitrogen and oxygen atoms in total. The number of nitrogens with zero attached hydrogens (tertiary/aromatic N) is 1. The molecule has 1 aliphatic rings. The molecular weight excluding hydrogens is 398 g/mol. The zero-order valence-corrected chi connectivity index (χ0v) is 17.0. The van der Waals surface area contributed by atoms with Crippen molar-refractivity contribution in [1.82, 2.24) is 4.90 Å². The summed E-state index contributed by atoms with van der Waals surface area (Å²) in [6.07, 6.45) is 0. The van der Waals surface area contributed by atoms with E-state index in [9.17, 15) is 9.59 Å². The molecule has 1 unspecified atom stereocenters. The number of aryl methyl sites for hydroxylation is 1. The minimum Gasteiger partial charge on any atom is -0.450 e. The standard InChI is InChI=1S/C25H18ClNO3/c1-15-10-11-20-19(12-15)23(28)21-22(17-8-5-9-18(26)13-17)27(25(29)24(21)30-20)14-16-6-3-2-4-7-16/h2-13,22H,14H2,1H3. The maximum absolute atomic E-state index is 13.5. The number of carbonyl (C=O) groups excluding carboxylic acids is 1. The summed E-state index contributed by atoms with van der Waals surface area (Å²) in [7, 11) is 0. The van der Waals surface area contributed by atoms with Crippen molar-refractivity contribution in [3.05, 3.63) is 116 Å². The summed E-state index contributed by atoms with van der Waals surface area (Å²) >= 11 is 6.25. The third-order valence-electron chi connectivity index (χ3n) is 5.48. The van der Waals surface area contributed by atoms with E-state index in [1.807, 2.05) is 55.5 Å². The molecule has 148 valence electrons. The molecule has 0 spiro atoms. The lowest BCUT2D eigenvalue weighted by Crippen LogP contribution is -2.29. The monoisotopic (exact) mass is 415 g/mol. The van der Waals surface area contributed by atoms with Gasteiger partial charge in [-0.3, -0.25) is 9.59 Å². The quantitative estimate of drug-likeness (QED) is 0.444. The van der Waals surface area contributed by atoms with Crippen LogP contribution in [0, 0.1) is 6.92 Å². The summed E-state index contributed by atoms with van der Waals surface area (Å²) in [6, 6.07) is 21.8. The number of benzene rings is 3. The lowest BCUT2D eigenvalue weighted by Gasteiger charge is -2.25. The van der Waals surface area contributed by atoms with Gasteiger partial charge < -0.3 is 9.32 Å². The van der Waals surface area contributed by atoms with Crippen molar-refractivity contribution >= 4 is 28.5 Å². The number of carbonyl (C=O) groups is 1. The van der Waals surface area contributed by atoms with Crippen LogP contribution in [0.5, 0.6) is 0 Å². The maximum Gasteiger partial charge on any atom is 0.291 e. The molecule has 0 aliphatic carbocycles. The summed E-state index contributed by atoms with van der Waals surface area (Å²) in [6.45, 7) is 2.28. The average Bonchev–Trinajstić information content (AvgIpc) is 3.02. The fourth-order valence-electron chi connectivity index (χ4n) is 4.10. The van der Waals surface area contributed by atoms with Crippen LogP contribution in [0.25, 0.3) is 11.0 Å². The second-order valence-corrected chi connectivity index (χ2v) is 7.99. The highest BCUT2D eigenvalue weighted by atomic mass is 35.5. The molecule has 30 heavy (non-hydrogen) atoms. The Bertz CT molecular complexity index is 1340. The second kappa shape index (κ2) is 7.15. The lowest BCUT2D eigenvalue weighted by molar-refractivity contribution is 0.0714. The molecule has 0 saturated carbocycles. The number of hydrogen-bond acceptors (Lipinski definition) is 3. The summed E-state index contributed by atoms with van der Waals surface area (Å²) in [5.41, 5.74) is 3.33. The fourth-order valence-corrected chi connectivity index (χ4v) is 4.30. The number of halogens is 1. The Labute approximate surface area is 178 Å². The highest BCUT2D eigenvalue weighted by Crippen LogP contribution is 2.39. The summed E-state index contributed by atoms with van der Waals surface area (Å²) < 4.78 is 5.98. The van der Waals surface area contributed by atoms with Crippen molar-refractivity contribution in [2.75, 3.05) is 0 Å². The first-order chi connectivity index (χ1) is 14.5. The molecule has 0 saturated heterocycles. The Kier molecular flexibility index (Phi) is 4.44. The molecule has 1 aliphatic heterocycles. The first kappa shape index (κ1) is 18.6. The van der Waals surface area contributed by atoms with Gasteiger partial charge >= 0.3 is 0 Å².